The fraction of sp³-hybridized carbons (Fsp3) is 0.462. The fourth-order valence-corrected chi connectivity index (χ4v) is 2.15. The van der Waals surface area contributed by atoms with Crippen LogP contribution in [0.25, 0.3) is 0 Å². The van der Waals surface area contributed by atoms with Crippen molar-refractivity contribution in [1.82, 2.24) is 10.2 Å². The Kier molecular flexibility index (Phi) is 4.58. The van der Waals surface area contributed by atoms with Crippen LogP contribution in [0.15, 0.2) is 24.3 Å². The van der Waals surface area contributed by atoms with Crippen LogP contribution in [0.4, 0.5) is 0 Å². The first-order chi connectivity index (χ1) is 8.68. The molecule has 0 aliphatic carbocycles. The molecule has 1 aromatic carbocycles. The monoisotopic (exact) mass is 268 g/mol. The number of amides is 1. The average molecular weight is 269 g/mol. The largest absolute Gasteiger partial charge is 0.378 e. The summed E-state index contributed by atoms with van der Waals surface area (Å²) in [5.41, 5.74) is 0.951. The Morgan fingerprint density at radius 1 is 1.56 bits per heavy atom. The second-order valence-corrected chi connectivity index (χ2v) is 4.77. The summed E-state index contributed by atoms with van der Waals surface area (Å²) < 4.78 is 5.29. The topological polar surface area (TPSA) is 41.6 Å². The van der Waals surface area contributed by atoms with E-state index >= 15 is 0 Å². The molecule has 0 unspecified atom stereocenters. The van der Waals surface area contributed by atoms with Crippen molar-refractivity contribution in [2.75, 3.05) is 26.8 Å². The molecule has 0 spiro atoms. The molecule has 0 bridgehead atoms. The molecule has 1 fully saturated rings. The van der Waals surface area contributed by atoms with Gasteiger partial charge in [0.25, 0.3) is 0 Å². The van der Waals surface area contributed by atoms with Gasteiger partial charge < -0.3 is 15.0 Å². The number of carbonyl (C=O) groups excluding carboxylic acids is 1. The van der Waals surface area contributed by atoms with Crippen LogP contribution in [0, 0.1) is 0 Å². The molecule has 5 heteroatoms. The molecule has 0 radical (unpaired) electrons. The molecule has 1 N–H and O–H groups in total. The zero-order valence-corrected chi connectivity index (χ0v) is 11.1. The quantitative estimate of drug-likeness (QED) is 0.898. The molecule has 1 saturated heterocycles. The minimum Gasteiger partial charge on any atom is -0.378 e. The number of halogens is 1. The van der Waals surface area contributed by atoms with Crippen molar-refractivity contribution in [2.45, 2.75) is 12.6 Å². The van der Waals surface area contributed by atoms with Crippen LogP contribution in [-0.2, 0) is 16.1 Å². The van der Waals surface area contributed by atoms with Gasteiger partial charge in [-0.1, -0.05) is 29.8 Å². The maximum absolute atomic E-state index is 12.2. The molecule has 18 heavy (non-hydrogen) atoms. The summed E-state index contributed by atoms with van der Waals surface area (Å²) in [4.78, 5) is 13.8. The number of benzene rings is 1. The summed E-state index contributed by atoms with van der Waals surface area (Å²) in [6.07, 6.45) is 0. The maximum atomic E-state index is 12.2. The molecule has 1 aliphatic heterocycles. The number of likely N-dealkylation sites (N-methyl/N-ethyl adjacent to an activating group) is 1. The summed E-state index contributed by atoms with van der Waals surface area (Å²) in [6, 6.07) is 7.31. The van der Waals surface area contributed by atoms with Crippen molar-refractivity contribution in [1.29, 1.82) is 0 Å². The number of hydrogen-bond acceptors (Lipinski definition) is 3. The third-order valence-electron chi connectivity index (χ3n) is 2.96. The van der Waals surface area contributed by atoms with E-state index in [9.17, 15) is 4.79 Å². The Bertz CT molecular complexity index is 419. The Morgan fingerprint density at radius 3 is 3.00 bits per heavy atom. The molecule has 0 aromatic heterocycles. The SMILES string of the molecule is CN(Cc1ccccc1Cl)C(=O)[C@@H]1COCCN1. The van der Waals surface area contributed by atoms with Crippen LogP contribution in [0.1, 0.15) is 5.56 Å². The van der Waals surface area contributed by atoms with Gasteiger partial charge in [0.1, 0.15) is 6.04 Å². The van der Waals surface area contributed by atoms with Crippen molar-refractivity contribution in [3.63, 3.8) is 0 Å². The van der Waals surface area contributed by atoms with Gasteiger partial charge in [0.2, 0.25) is 5.91 Å². The zero-order valence-electron chi connectivity index (χ0n) is 10.4. The van der Waals surface area contributed by atoms with E-state index in [1.165, 1.54) is 0 Å². The minimum atomic E-state index is -0.244. The van der Waals surface area contributed by atoms with Crippen LogP contribution in [0.3, 0.4) is 0 Å². The van der Waals surface area contributed by atoms with Gasteiger partial charge in [-0.2, -0.15) is 0 Å². The Hall–Kier alpha value is -1.10. The lowest BCUT2D eigenvalue weighted by atomic mass is 10.2. The number of morpholine rings is 1. The number of hydrogen-bond donors (Lipinski definition) is 1. The predicted octanol–water partition coefficient (Wildman–Crippen LogP) is 1.29. The summed E-state index contributed by atoms with van der Waals surface area (Å²) in [7, 11) is 1.78. The van der Waals surface area contributed by atoms with Gasteiger partial charge in [0.15, 0.2) is 0 Å². The third kappa shape index (κ3) is 3.22. The van der Waals surface area contributed by atoms with E-state index in [4.69, 9.17) is 16.3 Å². The van der Waals surface area contributed by atoms with Crippen LogP contribution >= 0.6 is 11.6 Å². The van der Waals surface area contributed by atoms with Gasteiger partial charge >= 0.3 is 0 Å². The highest BCUT2D eigenvalue weighted by Crippen LogP contribution is 2.16. The van der Waals surface area contributed by atoms with Gasteiger partial charge in [0, 0.05) is 25.2 Å². The average Bonchev–Trinajstić information content (AvgIpc) is 2.41. The molecular formula is C13H17ClN2O2. The normalized spacial score (nSPS) is 19.6. The maximum Gasteiger partial charge on any atom is 0.242 e. The van der Waals surface area contributed by atoms with Crippen LogP contribution in [-0.4, -0.2) is 43.7 Å². The number of nitrogens with zero attached hydrogens (tertiary/aromatic N) is 1. The Labute approximate surface area is 112 Å². The molecule has 1 aliphatic rings. The van der Waals surface area contributed by atoms with Crippen molar-refractivity contribution in [3.05, 3.63) is 34.9 Å². The number of carbonyl (C=O) groups is 1. The highest BCUT2D eigenvalue weighted by atomic mass is 35.5. The smallest absolute Gasteiger partial charge is 0.242 e. The van der Waals surface area contributed by atoms with Crippen LogP contribution in [0.2, 0.25) is 5.02 Å². The standard InChI is InChI=1S/C13H17ClN2O2/c1-16(8-10-4-2-3-5-11(10)14)13(17)12-9-18-7-6-15-12/h2-5,12,15H,6-9H2,1H3/t12-/m0/s1. The first-order valence-corrected chi connectivity index (χ1v) is 6.36. The van der Waals surface area contributed by atoms with E-state index in [1.54, 1.807) is 11.9 Å². The molecule has 2 rings (SSSR count). The Morgan fingerprint density at radius 2 is 2.33 bits per heavy atom. The zero-order chi connectivity index (χ0) is 13.0. The van der Waals surface area contributed by atoms with Crippen molar-refractivity contribution >= 4 is 17.5 Å². The van der Waals surface area contributed by atoms with Crippen molar-refractivity contribution < 1.29 is 9.53 Å². The predicted molar refractivity (Wildman–Crippen MR) is 70.5 cm³/mol. The summed E-state index contributed by atoms with van der Waals surface area (Å²) in [6.45, 7) is 2.33. The fourth-order valence-electron chi connectivity index (χ4n) is 1.95. The third-order valence-corrected chi connectivity index (χ3v) is 3.33. The first kappa shape index (κ1) is 13.3. The van der Waals surface area contributed by atoms with Gasteiger partial charge in [0.05, 0.1) is 13.2 Å². The lowest BCUT2D eigenvalue weighted by molar-refractivity contribution is -0.135. The lowest BCUT2D eigenvalue weighted by Gasteiger charge is -2.27. The van der Waals surface area contributed by atoms with E-state index in [0.29, 0.717) is 24.8 Å². The molecule has 0 saturated carbocycles. The van der Waals surface area contributed by atoms with Gasteiger partial charge in [-0.05, 0) is 11.6 Å². The number of rotatable bonds is 3. The summed E-state index contributed by atoms with van der Waals surface area (Å²) in [5, 5.41) is 3.84. The van der Waals surface area contributed by atoms with Gasteiger partial charge in [-0.3, -0.25) is 4.79 Å². The second kappa shape index (κ2) is 6.18. The molecule has 1 heterocycles. The molecule has 1 atom stereocenters. The van der Waals surface area contributed by atoms with E-state index in [0.717, 1.165) is 12.1 Å². The summed E-state index contributed by atoms with van der Waals surface area (Å²) in [5.74, 6) is 0.0367. The van der Waals surface area contributed by atoms with E-state index < -0.39 is 0 Å². The van der Waals surface area contributed by atoms with Gasteiger partial charge in [-0.15, -0.1) is 0 Å². The highest BCUT2D eigenvalue weighted by Gasteiger charge is 2.24. The van der Waals surface area contributed by atoms with E-state index in [2.05, 4.69) is 5.32 Å². The molecule has 1 amide bonds. The first-order valence-electron chi connectivity index (χ1n) is 5.98. The van der Waals surface area contributed by atoms with E-state index in [1.807, 2.05) is 24.3 Å². The highest BCUT2D eigenvalue weighted by molar-refractivity contribution is 6.31. The number of ether oxygens (including phenoxy) is 1. The lowest BCUT2D eigenvalue weighted by Crippen LogP contribution is -2.51. The molecule has 98 valence electrons. The minimum absolute atomic E-state index is 0.0367. The van der Waals surface area contributed by atoms with E-state index in [-0.39, 0.29) is 11.9 Å². The van der Waals surface area contributed by atoms with Crippen molar-refractivity contribution in [2.24, 2.45) is 0 Å². The Balaban J connectivity index is 1.96. The summed E-state index contributed by atoms with van der Waals surface area (Å²) >= 11 is 6.08. The number of nitrogens with one attached hydrogen (secondary N) is 1. The van der Waals surface area contributed by atoms with Crippen LogP contribution in [0.5, 0.6) is 0 Å². The molecule has 1 aromatic rings. The van der Waals surface area contributed by atoms with Crippen LogP contribution < -0.4 is 5.32 Å². The van der Waals surface area contributed by atoms with Crippen molar-refractivity contribution in [3.8, 4) is 0 Å². The second-order valence-electron chi connectivity index (χ2n) is 4.37. The molecule has 4 nitrogen and oxygen atoms in total. The molecular weight excluding hydrogens is 252 g/mol. The van der Waals surface area contributed by atoms with Gasteiger partial charge in [-0.25, -0.2) is 0 Å².